The van der Waals surface area contributed by atoms with Crippen molar-refractivity contribution in [1.29, 1.82) is 0 Å². The molecule has 4 rings (SSSR count). The van der Waals surface area contributed by atoms with Gasteiger partial charge in [-0.15, -0.1) is 0 Å². The summed E-state index contributed by atoms with van der Waals surface area (Å²) < 4.78 is 0. The Balaban J connectivity index is 1.21. The Hall–Kier alpha value is -2.66. The summed E-state index contributed by atoms with van der Waals surface area (Å²) in [6.07, 6.45) is 4.03. The van der Waals surface area contributed by atoms with Gasteiger partial charge in [-0.1, -0.05) is 48.5 Å². The zero-order chi connectivity index (χ0) is 20.1. The SMILES string of the molecule is O=C(NCCCC(=O)N1CCc2ccccc21)[C@@H]1CCCN1Cc1ccccc1. The number of carbonyl (C=O) groups is 2. The second-order valence-electron chi connectivity index (χ2n) is 7.93. The van der Waals surface area contributed by atoms with Crippen molar-refractivity contribution in [2.75, 3.05) is 24.5 Å². The van der Waals surface area contributed by atoms with E-state index in [0.29, 0.717) is 19.4 Å². The zero-order valence-electron chi connectivity index (χ0n) is 16.8. The molecule has 152 valence electrons. The van der Waals surface area contributed by atoms with E-state index in [-0.39, 0.29) is 17.9 Å². The van der Waals surface area contributed by atoms with Crippen molar-refractivity contribution in [3.05, 3.63) is 65.7 Å². The number of fused-ring (bicyclic) bond motifs is 1. The fourth-order valence-electron chi connectivity index (χ4n) is 4.43. The Bertz CT molecular complexity index is 852. The number of likely N-dealkylation sites (tertiary alicyclic amines) is 1. The quantitative estimate of drug-likeness (QED) is 0.738. The van der Waals surface area contributed by atoms with E-state index >= 15 is 0 Å². The van der Waals surface area contributed by atoms with E-state index in [9.17, 15) is 9.59 Å². The third kappa shape index (κ3) is 4.67. The van der Waals surface area contributed by atoms with E-state index in [4.69, 9.17) is 0 Å². The molecule has 0 radical (unpaired) electrons. The Morgan fingerprint density at radius 3 is 2.66 bits per heavy atom. The first kappa shape index (κ1) is 19.6. The van der Waals surface area contributed by atoms with Crippen LogP contribution < -0.4 is 10.2 Å². The lowest BCUT2D eigenvalue weighted by molar-refractivity contribution is -0.126. The molecule has 2 aliphatic heterocycles. The van der Waals surface area contributed by atoms with Crippen LogP contribution >= 0.6 is 0 Å². The molecule has 5 nitrogen and oxygen atoms in total. The molecule has 2 aromatic carbocycles. The van der Waals surface area contributed by atoms with Gasteiger partial charge in [-0.2, -0.15) is 0 Å². The van der Waals surface area contributed by atoms with Crippen LogP contribution in [0.25, 0.3) is 0 Å². The summed E-state index contributed by atoms with van der Waals surface area (Å²) in [5.41, 5.74) is 3.53. The summed E-state index contributed by atoms with van der Waals surface area (Å²) >= 11 is 0. The van der Waals surface area contributed by atoms with Crippen molar-refractivity contribution in [2.45, 2.75) is 44.7 Å². The second-order valence-corrected chi connectivity index (χ2v) is 7.93. The highest BCUT2D eigenvalue weighted by molar-refractivity contribution is 5.95. The lowest BCUT2D eigenvalue weighted by atomic mass is 10.1. The summed E-state index contributed by atoms with van der Waals surface area (Å²) in [7, 11) is 0. The summed E-state index contributed by atoms with van der Waals surface area (Å²) in [5, 5.41) is 3.05. The van der Waals surface area contributed by atoms with Gasteiger partial charge in [-0.05, 0) is 49.4 Å². The van der Waals surface area contributed by atoms with Crippen LogP contribution in [-0.2, 0) is 22.6 Å². The van der Waals surface area contributed by atoms with E-state index in [2.05, 4.69) is 28.4 Å². The number of nitrogens with one attached hydrogen (secondary N) is 1. The standard InChI is InChI=1S/C24H29N3O2/c28-23(27-17-14-20-10-4-5-11-21(20)27)13-6-15-25-24(29)22-12-7-16-26(22)18-19-8-2-1-3-9-19/h1-5,8-11,22H,6-7,12-18H2,(H,25,29)/t22-/m0/s1. The van der Waals surface area contributed by atoms with Crippen molar-refractivity contribution in [2.24, 2.45) is 0 Å². The predicted octanol–water partition coefficient (Wildman–Crippen LogP) is 3.14. The molecule has 2 heterocycles. The van der Waals surface area contributed by atoms with Crippen LogP contribution in [0.15, 0.2) is 54.6 Å². The van der Waals surface area contributed by atoms with Gasteiger partial charge in [0.05, 0.1) is 6.04 Å². The maximum atomic E-state index is 12.7. The third-order valence-corrected chi connectivity index (χ3v) is 5.95. The number of hydrogen-bond donors (Lipinski definition) is 1. The lowest BCUT2D eigenvalue weighted by Gasteiger charge is -2.24. The Kier molecular flexibility index (Phi) is 6.25. The highest BCUT2D eigenvalue weighted by atomic mass is 16.2. The van der Waals surface area contributed by atoms with Gasteiger partial charge in [-0.3, -0.25) is 14.5 Å². The van der Waals surface area contributed by atoms with Gasteiger partial charge in [0.25, 0.3) is 0 Å². The van der Waals surface area contributed by atoms with Crippen molar-refractivity contribution >= 4 is 17.5 Å². The lowest BCUT2D eigenvalue weighted by Crippen LogP contribution is -2.43. The first-order valence-electron chi connectivity index (χ1n) is 10.7. The molecule has 0 saturated carbocycles. The van der Waals surface area contributed by atoms with Crippen LogP contribution in [0.3, 0.4) is 0 Å². The Morgan fingerprint density at radius 2 is 1.79 bits per heavy atom. The summed E-state index contributed by atoms with van der Waals surface area (Å²) in [6.45, 7) is 3.09. The normalized spacial score (nSPS) is 18.6. The second kappa shape index (κ2) is 9.23. The van der Waals surface area contributed by atoms with Gasteiger partial charge < -0.3 is 10.2 Å². The van der Waals surface area contributed by atoms with Crippen molar-refractivity contribution in [1.82, 2.24) is 10.2 Å². The predicted molar refractivity (Wildman–Crippen MR) is 115 cm³/mol. The summed E-state index contributed by atoms with van der Waals surface area (Å²) in [4.78, 5) is 29.4. The Labute approximate surface area is 172 Å². The maximum absolute atomic E-state index is 12.7. The van der Waals surface area contributed by atoms with Gasteiger partial charge in [-0.25, -0.2) is 0 Å². The minimum atomic E-state index is -0.0589. The molecule has 0 spiro atoms. The van der Waals surface area contributed by atoms with Gasteiger partial charge in [0.15, 0.2) is 0 Å². The number of carbonyl (C=O) groups excluding carboxylic acids is 2. The van der Waals surface area contributed by atoms with E-state index in [1.54, 1.807) is 0 Å². The van der Waals surface area contributed by atoms with E-state index in [1.807, 2.05) is 41.3 Å². The van der Waals surface area contributed by atoms with Crippen molar-refractivity contribution in [3.63, 3.8) is 0 Å². The minimum Gasteiger partial charge on any atom is -0.355 e. The molecule has 29 heavy (non-hydrogen) atoms. The van der Waals surface area contributed by atoms with Crippen LogP contribution in [0.1, 0.15) is 36.8 Å². The zero-order valence-corrected chi connectivity index (χ0v) is 16.8. The van der Waals surface area contributed by atoms with Gasteiger partial charge in [0.1, 0.15) is 0 Å². The molecule has 1 saturated heterocycles. The molecule has 5 heteroatoms. The first-order chi connectivity index (χ1) is 14.2. The highest BCUT2D eigenvalue weighted by Crippen LogP contribution is 2.28. The monoisotopic (exact) mass is 391 g/mol. The number of amides is 2. The molecule has 2 aromatic rings. The van der Waals surface area contributed by atoms with Crippen LogP contribution in [0.5, 0.6) is 0 Å². The van der Waals surface area contributed by atoms with E-state index in [0.717, 1.165) is 44.6 Å². The van der Waals surface area contributed by atoms with Crippen LogP contribution in [0.2, 0.25) is 0 Å². The smallest absolute Gasteiger partial charge is 0.237 e. The fourth-order valence-corrected chi connectivity index (χ4v) is 4.43. The average molecular weight is 392 g/mol. The number of nitrogens with zero attached hydrogens (tertiary/aromatic N) is 2. The molecule has 2 amide bonds. The molecule has 2 aliphatic rings. The summed E-state index contributed by atoms with van der Waals surface area (Å²) in [5.74, 6) is 0.244. The molecule has 0 aliphatic carbocycles. The number of anilines is 1. The van der Waals surface area contributed by atoms with Crippen LogP contribution in [-0.4, -0.2) is 42.4 Å². The van der Waals surface area contributed by atoms with Crippen molar-refractivity contribution < 1.29 is 9.59 Å². The van der Waals surface area contributed by atoms with Gasteiger partial charge >= 0.3 is 0 Å². The number of para-hydroxylation sites is 1. The molecule has 0 aromatic heterocycles. The molecule has 1 fully saturated rings. The third-order valence-electron chi connectivity index (χ3n) is 5.95. The maximum Gasteiger partial charge on any atom is 0.237 e. The minimum absolute atomic E-state index is 0.0589. The largest absolute Gasteiger partial charge is 0.355 e. The number of benzene rings is 2. The number of hydrogen-bond acceptors (Lipinski definition) is 3. The molecular weight excluding hydrogens is 362 g/mol. The number of rotatable bonds is 7. The van der Waals surface area contributed by atoms with Gasteiger partial charge in [0, 0.05) is 31.7 Å². The van der Waals surface area contributed by atoms with Gasteiger partial charge in [0.2, 0.25) is 11.8 Å². The molecular formula is C24H29N3O2. The summed E-state index contributed by atoms with van der Waals surface area (Å²) in [6, 6.07) is 18.3. The average Bonchev–Trinajstić information content (AvgIpc) is 3.39. The molecule has 0 unspecified atom stereocenters. The van der Waals surface area contributed by atoms with Crippen molar-refractivity contribution in [3.8, 4) is 0 Å². The highest BCUT2D eigenvalue weighted by Gasteiger charge is 2.30. The molecule has 0 bridgehead atoms. The fraction of sp³-hybridized carbons (Fsp3) is 0.417. The van der Waals surface area contributed by atoms with E-state index in [1.165, 1.54) is 11.1 Å². The topological polar surface area (TPSA) is 52.7 Å². The molecule has 1 N–H and O–H groups in total. The van der Waals surface area contributed by atoms with Crippen LogP contribution in [0.4, 0.5) is 5.69 Å². The van der Waals surface area contributed by atoms with Crippen LogP contribution in [0, 0.1) is 0 Å². The van der Waals surface area contributed by atoms with E-state index < -0.39 is 0 Å². The first-order valence-corrected chi connectivity index (χ1v) is 10.7. The molecule has 1 atom stereocenters. The Morgan fingerprint density at radius 1 is 1.00 bits per heavy atom.